The molecule has 0 radical (unpaired) electrons. The van der Waals surface area contributed by atoms with Crippen molar-refractivity contribution in [2.45, 2.75) is 25.1 Å². The molecule has 2 amide bonds. The summed E-state index contributed by atoms with van der Waals surface area (Å²) in [6.07, 6.45) is -2.94. The van der Waals surface area contributed by atoms with Crippen LogP contribution in [0.3, 0.4) is 0 Å². The summed E-state index contributed by atoms with van der Waals surface area (Å²) < 4.78 is 38.3. The second-order valence-electron chi connectivity index (χ2n) is 4.67. The Bertz CT molecular complexity index is 470. The van der Waals surface area contributed by atoms with E-state index in [1.54, 1.807) is 0 Å². The van der Waals surface area contributed by atoms with Crippen LogP contribution >= 0.6 is 0 Å². The molecule has 1 heterocycles. The number of carbonyl (C=O) groups excluding carboxylic acids is 1. The number of carbonyl (C=O) groups is 1. The predicted molar refractivity (Wildman–Crippen MR) is 69.5 cm³/mol. The fourth-order valence-corrected chi connectivity index (χ4v) is 2.15. The molecule has 0 bridgehead atoms. The largest absolute Gasteiger partial charge is 0.418 e. The second-order valence-corrected chi connectivity index (χ2v) is 4.67. The van der Waals surface area contributed by atoms with Crippen LogP contribution in [0.15, 0.2) is 24.3 Å². The zero-order valence-electron chi connectivity index (χ0n) is 10.8. The number of alkyl halides is 3. The van der Waals surface area contributed by atoms with E-state index < -0.39 is 17.8 Å². The molecule has 2 rings (SSSR count). The molecular formula is C13H16F3N3O. The summed E-state index contributed by atoms with van der Waals surface area (Å²) in [4.78, 5) is 11.7. The molecular weight excluding hydrogens is 271 g/mol. The minimum absolute atomic E-state index is 0.00528. The van der Waals surface area contributed by atoms with Gasteiger partial charge in [-0.1, -0.05) is 12.1 Å². The fraction of sp³-hybridized carbons (Fsp3) is 0.462. The summed E-state index contributed by atoms with van der Waals surface area (Å²) in [7, 11) is 0. The Morgan fingerprint density at radius 1 is 1.20 bits per heavy atom. The van der Waals surface area contributed by atoms with Crippen LogP contribution in [0.4, 0.5) is 23.7 Å². The van der Waals surface area contributed by atoms with Gasteiger partial charge in [0.05, 0.1) is 11.3 Å². The van der Waals surface area contributed by atoms with E-state index in [-0.39, 0.29) is 11.7 Å². The standard InChI is InChI=1S/C13H16F3N3O/c14-13(15,16)10-3-1-2-4-11(10)19-12(20)18-9-5-7-17-8-6-9/h1-4,9,17H,5-8H2,(H2,18,19,20). The third-order valence-electron chi connectivity index (χ3n) is 3.16. The molecule has 1 aliphatic heterocycles. The fourth-order valence-electron chi connectivity index (χ4n) is 2.15. The van der Waals surface area contributed by atoms with Crippen molar-refractivity contribution in [1.29, 1.82) is 0 Å². The third kappa shape index (κ3) is 3.86. The molecule has 0 saturated carbocycles. The molecule has 0 aromatic heterocycles. The molecule has 1 aliphatic rings. The third-order valence-corrected chi connectivity index (χ3v) is 3.16. The summed E-state index contributed by atoms with van der Waals surface area (Å²) in [6, 6.07) is 4.32. The van der Waals surface area contributed by atoms with Crippen LogP contribution in [-0.4, -0.2) is 25.2 Å². The van der Waals surface area contributed by atoms with E-state index in [1.807, 2.05) is 0 Å². The number of benzene rings is 1. The topological polar surface area (TPSA) is 53.2 Å². The highest BCUT2D eigenvalue weighted by atomic mass is 19.4. The van der Waals surface area contributed by atoms with Crippen LogP contribution in [0.25, 0.3) is 0 Å². The van der Waals surface area contributed by atoms with Gasteiger partial charge in [-0.2, -0.15) is 13.2 Å². The number of halogens is 3. The lowest BCUT2D eigenvalue weighted by atomic mass is 10.1. The number of amides is 2. The van der Waals surface area contributed by atoms with E-state index in [0.29, 0.717) is 0 Å². The van der Waals surface area contributed by atoms with Gasteiger partial charge >= 0.3 is 12.2 Å². The van der Waals surface area contributed by atoms with E-state index >= 15 is 0 Å². The number of hydrogen-bond acceptors (Lipinski definition) is 2. The van der Waals surface area contributed by atoms with Crippen LogP contribution < -0.4 is 16.0 Å². The maximum atomic E-state index is 12.8. The number of urea groups is 1. The smallest absolute Gasteiger partial charge is 0.335 e. The van der Waals surface area contributed by atoms with Crippen LogP contribution in [0, 0.1) is 0 Å². The lowest BCUT2D eigenvalue weighted by Gasteiger charge is -2.24. The normalized spacial score (nSPS) is 16.8. The average Bonchev–Trinajstić information content (AvgIpc) is 2.39. The number of rotatable bonds is 2. The summed E-state index contributed by atoms with van der Waals surface area (Å²) in [5, 5.41) is 8.11. The summed E-state index contributed by atoms with van der Waals surface area (Å²) in [5.74, 6) is 0. The lowest BCUT2D eigenvalue weighted by Crippen LogP contribution is -2.44. The van der Waals surface area contributed by atoms with Gasteiger partial charge in [-0.05, 0) is 38.1 Å². The first kappa shape index (κ1) is 14.6. The zero-order chi connectivity index (χ0) is 14.6. The molecule has 1 aromatic carbocycles. The molecule has 0 unspecified atom stereocenters. The van der Waals surface area contributed by atoms with Crippen molar-refractivity contribution in [2.75, 3.05) is 18.4 Å². The van der Waals surface area contributed by atoms with Crippen molar-refractivity contribution in [3.05, 3.63) is 29.8 Å². The van der Waals surface area contributed by atoms with Gasteiger partial charge in [-0.3, -0.25) is 0 Å². The van der Waals surface area contributed by atoms with Crippen LogP contribution in [0.2, 0.25) is 0 Å². The van der Waals surface area contributed by atoms with Crippen molar-refractivity contribution < 1.29 is 18.0 Å². The highest BCUT2D eigenvalue weighted by Gasteiger charge is 2.33. The van der Waals surface area contributed by atoms with Crippen LogP contribution in [0.5, 0.6) is 0 Å². The lowest BCUT2D eigenvalue weighted by molar-refractivity contribution is -0.136. The van der Waals surface area contributed by atoms with Gasteiger partial charge in [0.1, 0.15) is 0 Å². The van der Waals surface area contributed by atoms with Gasteiger partial charge < -0.3 is 16.0 Å². The molecule has 7 heteroatoms. The Kier molecular flexibility index (Phi) is 4.49. The second kappa shape index (κ2) is 6.13. The minimum Gasteiger partial charge on any atom is -0.335 e. The molecule has 1 saturated heterocycles. The van der Waals surface area contributed by atoms with E-state index in [0.717, 1.165) is 32.0 Å². The minimum atomic E-state index is -4.49. The average molecular weight is 287 g/mol. The monoisotopic (exact) mass is 287 g/mol. The van der Waals surface area contributed by atoms with E-state index in [2.05, 4.69) is 16.0 Å². The Morgan fingerprint density at radius 3 is 2.50 bits per heavy atom. The quantitative estimate of drug-likeness (QED) is 0.783. The molecule has 110 valence electrons. The first-order valence-corrected chi connectivity index (χ1v) is 6.41. The van der Waals surface area contributed by atoms with Crippen molar-refractivity contribution in [2.24, 2.45) is 0 Å². The van der Waals surface area contributed by atoms with Gasteiger partial charge in [-0.15, -0.1) is 0 Å². The number of para-hydroxylation sites is 1. The summed E-state index contributed by atoms with van der Waals surface area (Å²) in [5.41, 5.74) is -1.08. The molecule has 0 spiro atoms. The SMILES string of the molecule is O=C(Nc1ccccc1C(F)(F)F)NC1CCNCC1. The highest BCUT2D eigenvalue weighted by molar-refractivity contribution is 5.90. The summed E-state index contributed by atoms with van der Waals surface area (Å²) >= 11 is 0. The van der Waals surface area contributed by atoms with Gasteiger partial charge in [0, 0.05) is 6.04 Å². The van der Waals surface area contributed by atoms with Gasteiger partial charge in [0.15, 0.2) is 0 Å². The Hall–Kier alpha value is -1.76. The Balaban J connectivity index is 2.00. The first-order valence-electron chi connectivity index (χ1n) is 6.41. The first-order chi connectivity index (χ1) is 9.47. The van der Waals surface area contributed by atoms with E-state index in [9.17, 15) is 18.0 Å². The van der Waals surface area contributed by atoms with Crippen LogP contribution in [0.1, 0.15) is 18.4 Å². The van der Waals surface area contributed by atoms with Crippen molar-refractivity contribution in [3.63, 3.8) is 0 Å². The predicted octanol–water partition coefficient (Wildman–Crippen LogP) is 2.58. The Morgan fingerprint density at radius 2 is 1.85 bits per heavy atom. The molecule has 0 aliphatic carbocycles. The van der Waals surface area contributed by atoms with Gasteiger partial charge in [0.2, 0.25) is 0 Å². The number of hydrogen-bond donors (Lipinski definition) is 3. The van der Waals surface area contributed by atoms with Crippen molar-refractivity contribution in [3.8, 4) is 0 Å². The molecule has 20 heavy (non-hydrogen) atoms. The van der Waals surface area contributed by atoms with Gasteiger partial charge in [0.25, 0.3) is 0 Å². The maximum absolute atomic E-state index is 12.8. The van der Waals surface area contributed by atoms with E-state index in [4.69, 9.17) is 0 Å². The highest BCUT2D eigenvalue weighted by Crippen LogP contribution is 2.34. The van der Waals surface area contributed by atoms with Crippen molar-refractivity contribution in [1.82, 2.24) is 10.6 Å². The number of nitrogens with one attached hydrogen (secondary N) is 3. The van der Waals surface area contributed by atoms with Gasteiger partial charge in [-0.25, -0.2) is 4.79 Å². The molecule has 1 fully saturated rings. The molecule has 4 nitrogen and oxygen atoms in total. The zero-order valence-corrected chi connectivity index (χ0v) is 10.8. The van der Waals surface area contributed by atoms with Crippen molar-refractivity contribution >= 4 is 11.7 Å². The molecule has 3 N–H and O–H groups in total. The number of piperidine rings is 1. The number of anilines is 1. The molecule has 1 aromatic rings. The molecule has 0 atom stereocenters. The van der Waals surface area contributed by atoms with E-state index in [1.165, 1.54) is 18.2 Å². The maximum Gasteiger partial charge on any atom is 0.418 e. The van der Waals surface area contributed by atoms with Crippen LogP contribution in [-0.2, 0) is 6.18 Å². The Labute approximate surface area is 114 Å². The summed E-state index contributed by atoms with van der Waals surface area (Å²) in [6.45, 7) is 1.59.